The monoisotopic (exact) mass is 302 g/mol. The van der Waals surface area contributed by atoms with Gasteiger partial charge in [-0.05, 0) is 35.9 Å². The van der Waals surface area contributed by atoms with Crippen LogP contribution >= 0.6 is 11.3 Å². The maximum atomic E-state index is 11.4. The zero-order valence-corrected chi connectivity index (χ0v) is 12.5. The zero-order chi connectivity index (χ0) is 14.8. The number of nitrogen functional groups attached to an aromatic ring is 1. The van der Waals surface area contributed by atoms with Gasteiger partial charge in [-0.2, -0.15) is 0 Å². The molecule has 0 amide bonds. The Balaban J connectivity index is 1.83. The van der Waals surface area contributed by atoms with E-state index in [4.69, 9.17) is 5.73 Å². The minimum absolute atomic E-state index is 0.245. The molecule has 0 spiro atoms. The summed E-state index contributed by atoms with van der Waals surface area (Å²) < 4.78 is 0. The van der Waals surface area contributed by atoms with Gasteiger partial charge < -0.3 is 10.8 Å². The van der Waals surface area contributed by atoms with Crippen molar-refractivity contribution in [3.63, 3.8) is 0 Å². The van der Waals surface area contributed by atoms with E-state index in [9.17, 15) is 9.90 Å². The van der Waals surface area contributed by atoms with Crippen LogP contribution in [0.1, 0.15) is 33.6 Å². The van der Waals surface area contributed by atoms with Gasteiger partial charge in [-0.3, -0.25) is 4.90 Å². The van der Waals surface area contributed by atoms with Crippen LogP contribution in [0.25, 0.3) is 0 Å². The zero-order valence-electron chi connectivity index (χ0n) is 11.7. The number of benzene rings is 1. The maximum Gasteiger partial charge on any atom is 0.338 e. The number of nitrogens with two attached hydrogens (primary N) is 1. The number of thiophene rings is 1. The van der Waals surface area contributed by atoms with Crippen molar-refractivity contribution in [1.29, 1.82) is 0 Å². The van der Waals surface area contributed by atoms with E-state index in [-0.39, 0.29) is 5.56 Å². The number of anilines is 1. The molecule has 3 rings (SSSR count). The minimum Gasteiger partial charge on any atom is -0.478 e. The van der Waals surface area contributed by atoms with Crippen LogP contribution in [-0.4, -0.2) is 22.0 Å². The lowest BCUT2D eigenvalue weighted by molar-refractivity contribution is 0.0695. The van der Waals surface area contributed by atoms with E-state index in [1.807, 2.05) is 18.2 Å². The molecule has 0 saturated heterocycles. The second kappa shape index (κ2) is 5.87. The lowest BCUT2D eigenvalue weighted by Crippen LogP contribution is -2.26. The average molecular weight is 302 g/mol. The molecule has 2 aromatic rings. The van der Waals surface area contributed by atoms with Crippen LogP contribution in [0.4, 0.5) is 5.69 Å². The number of hydrogen-bond acceptors (Lipinski definition) is 4. The van der Waals surface area contributed by atoms with Crippen LogP contribution in [0.3, 0.4) is 0 Å². The van der Waals surface area contributed by atoms with Crippen molar-refractivity contribution in [3.8, 4) is 0 Å². The molecule has 21 heavy (non-hydrogen) atoms. The number of nitrogens with zero attached hydrogens (tertiary/aromatic N) is 1. The normalized spacial score (nSPS) is 14.5. The predicted octanol–water partition coefficient (Wildman–Crippen LogP) is 3.19. The summed E-state index contributed by atoms with van der Waals surface area (Å²) in [5.74, 6) is -0.949. The molecule has 1 aliphatic rings. The number of hydrogen-bond donors (Lipinski definition) is 2. The van der Waals surface area contributed by atoms with E-state index in [0.717, 1.165) is 12.1 Å². The molecule has 1 aliphatic carbocycles. The first kappa shape index (κ1) is 14.1. The van der Waals surface area contributed by atoms with Crippen molar-refractivity contribution in [2.45, 2.75) is 32.0 Å². The molecule has 0 atom stereocenters. The Kier molecular flexibility index (Phi) is 3.94. The van der Waals surface area contributed by atoms with Gasteiger partial charge in [0.1, 0.15) is 0 Å². The molecule has 1 aromatic heterocycles. The van der Waals surface area contributed by atoms with Crippen molar-refractivity contribution in [1.82, 2.24) is 4.90 Å². The summed E-state index contributed by atoms with van der Waals surface area (Å²) in [5.41, 5.74) is 7.21. The summed E-state index contributed by atoms with van der Waals surface area (Å²) in [6.07, 6.45) is 2.38. The van der Waals surface area contributed by atoms with E-state index >= 15 is 0 Å². The summed E-state index contributed by atoms with van der Waals surface area (Å²) in [7, 11) is 0. The largest absolute Gasteiger partial charge is 0.478 e. The van der Waals surface area contributed by atoms with Crippen molar-refractivity contribution < 1.29 is 9.90 Å². The van der Waals surface area contributed by atoms with Crippen molar-refractivity contribution in [2.75, 3.05) is 5.73 Å². The number of carboxylic acids is 1. The van der Waals surface area contributed by atoms with Gasteiger partial charge in [-0.25, -0.2) is 4.79 Å². The number of carboxylic acid groups (broad SMARTS) is 1. The van der Waals surface area contributed by atoms with Gasteiger partial charge in [-0.15, -0.1) is 11.3 Å². The standard InChI is InChI=1S/C16H18N2O2S/c17-14-5-1-3-11(15(14)16(19)20)9-18(12-6-7-12)10-13-4-2-8-21-13/h1-5,8,12H,6-7,9-10,17H2,(H,19,20). The Morgan fingerprint density at radius 2 is 2.10 bits per heavy atom. The molecule has 0 aliphatic heterocycles. The molecule has 0 unspecified atom stereocenters. The van der Waals surface area contributed by atoms with Crippen molar-refractivity contribution >= 4 is 23.0 Å². The quantitative estimate of drug-likeness (QED) is 0.804. The molecule has 4 nitrogen and oxygen atoms in total. The second-order valence-corrected chi connectivity index (χ2v) is 6.43. The van der Waals surface area contributed by atoms with Crippen LogP contribution in [0.5, 0.6) is 0 Å². The Morgan fingerprint density at radius 3 is 2.71 bits per heavy atom. The molecular formula is C16H18N2O2S. The van der Waals surface area contributed by atoms with Gasteiger partial charge >= 0.3 is 5.97 Å². The lowest BCUT2D eigenvalue weighted by Gasteiger charge is -2.22. The SMILES string of the molecule is Nc1cccc(CN(Cc2cccs2)C2CC2)c1C(=O)O. The van der Waals surface area contributed by atoms with Gasteiger partial charge in [0.25, 0.3) is 0 Å². The molecule has 3 N–H and O–H groups in total. The Morgan fingerprint density at radius 1 is 1.29 bits per heavy atom. The van der Waals surface area contributed by atoms with Crippen LogP contribution < -0.4 is 5.73 Å². The summed E-state index contributed by atoms with van der Waals surface area (Å²) in [4.78, 5) is 15.1. The fourth-order valence-electron chi connectivity index (χ4n) is 2.59. The highest BCUT2D eigenvalue weighted by Gasteiger charge is 2.30. The van der Waals surface area contributed by atoms with E-state index in [1.54, 1.807) is 17.4 Å². The molecular weight excluding hydrogens is 284 g/mol. The molecule has 0 radical (unpaired) electrons. The first-order chi connectivity index (χ1) is 10.1. The third kappa shape index (κ3) is 3.25. The maximum absolute atomic E-state index is 11.4. The van der Waals surface area contributed by atoms with Crippen molar-refractivity contribution in [2.24, 2.45) is 0 Å². The van der Waals surface area contributed by atoms with Crippen LogP contribution in [0.2, 0.25) is 0 Å². The predicted molar refractivity (Wildman–Crippen MR) is 84.4 cm³/mol. The smallest absolute Gasteiger partial charge is 0.338 e. The third-order valence-electron chi connectivity index (χ3n) is 3.77. The molecule has 5 heteroatoms. The third-order valence-corrected chi connectivity index (χ3v) is 4.63. The number of carbonyl (C=O) groups is 1. The van der Waals surface area contributed by atoms with Crippen LogP contribution in [0.15, 0.2) is 35.7 Å². The second-order valence-electron chi connectivity index (χ2n) is 5.40. The molecule has 1 saturated carbocycles. The van der Waals surface area contributed by atoms with Crippen molar-refractivity contribution in [3.05, 3.63) is 51.7 Å². The minimum atomic E-state index is -0.949. The molecule has 110 valence electrons. The van der Waals surface area contributed by atoms with E-state index < -0.39 is 5.97 Å². The van der Waals surface area contributed by atoms with Gasteiger partial charge in [-0.1, -0.05) is 18.2 Å². The topological polar surface area (TPSA) is 66.6 Å². The van der Waals surface area contributed by atoms with Crippen LogP contribution in [-0.2, 0) is 13.1 Å². The van der Waals surface area contributed by atoms with E-state index in [2.05, 4.69) is 16.3 Å². The van der Waals surface area contributed by atoms with Gasteiger partial charge in [0, 0.05) is 29.7 Å². The Hall–Kier alpha value is -1.85. The lowest BCUT2D eigenvalue weighted by atomic mass is 10.0. The van der Waals surface area contributed by atoms with Gasteiger partial charge in [0.05, 0.1) is 5.56 Å². The van der Waals surface area contributed by atoms with Crippen LogP contribution in [0, 0.1) is 0 Å². The number of aromatic carboxylic acids is 1. The van der Waals surface area contributed by atoms with Gasteiger partial charge in [0.2, 0.25) is 0 Å². The first-order valence-corrected chi connectivity index (χ1v) is 7.90. The van der Waals surface area contributed by atoms with E-state index in [1.165, 1.54) is 17.7 Å². The first-order valence-electron chi connectivity index (χ1n) is 7.02. The average Bonchev–Trinajstić information content (AvgIpc) is 3.16. The Labute approximate surface area is 127 Å². The summed E-state index contributed by atoms with van der Waals surface area (Å²) in [5, 5.41) is 11.4. The van der Waals surface area contributed by atoms with E-state index in [0.29, 0.717) is 18.3 Å². The van der Waals surface area contributed by atoms with Gasteiger partial charge in [0.15, 0.2) is 0 Å². The highest BCUT2D eigenvalue weighted by molar-refractivity contribution is 7.09. The molecule has 1 aromatic carbocycles. The number of rotatable bonds is 6. The highest BCUT2D eigenvalue weighted by atomic mass is 32.1. The molecule has 1 fully saturated rings. The summed E-state index contributed by atoms with van der Waals surface area (Å²) >= 11 is 1.74. The summed E-state index contributed by atoms with van der Waals surface area (Å²) in [6, 6.07) is 10.1. The highest BCUT2D eigenvalue weighted by Crippen LogP contribution is 2.31. The summed E-state index contributed by atoms with van der Waals surface area (Å²) in [6.45, 7) is 1.51. The fraction of sp³-hybridized carbons (Fsp3) is 0.312. The molecule has 0 bridgehead atoms. The Bertz CT molecular complexity index is 636. The molecule has 1 heterocycles. The fourth-order valence-corrected chi connectivity index (χ4v) is 3.32.